The molecular weight excluding hydrogens is 333 g/mol. The van der Waals surface area contributed by atoms with E-state index in [2.05, 4.69) is 4.98 Å². The molecule has 0 aliphatic heterocycles. The van der Waals surface area contributed by atoms with E-state index >= 15 is 0 Å². The zero-order valence-corrected chi connectivity index (χ0v) is 13.2. The fraction of sp³-hybridized carbons (Fsp3) is 0.222. The van der Waals surface area contributed by atoms with E-state index < -0.39 is 18.6 Å². The van der Waals surface area contributed by atoms with Gasteiger partial charge in [0.15, 0.2) is 0 Å². The van der Waals surface area contributed by atoms with Crippen molar-refractivity contribution in [2.45, 2.75) is 19.0 Å². The molecular formula is C18H15F3N2O2. The van der Waals surface area contributed by atoms with E-state index in [9.17, 15) is 18.0 Å². The number of carbonyl (C=O) groups excluding carboxylic acids is 1. The lowest BCUT2D eigenvalue weighted by Gasteiger charge is -2.08. The number of esters is 1. The number of aromatic nitrogens is 2. The maximum atomic E-state index is 12.4. The Hall–Kier alpha value is -2.83. The SMILES string of the molecule is O=C(OCCc1cn2ccccc2n1)c1cccc(CC(F)(F)F)c1. The molecule has 0 radical (unpaired) electrons. The van der Waals surface area contributed by atoms with Crippen LogP contribution < -0.4 is 0 Å². The molecule has 3 rings (SSSR count). The molecule has 0 saturated carbocycles. The van der Waals surface area contributed by atoms with E-state index in [4.69, 9.17) is 4.74 Å². The predicted octanol–water partition coefficient (Wildman–Crippen LogP) is 3.84. The second-order valence-electron chi connectivity index (χ2n) is 5.58. The maximum Gasteiger partial charge on any atom is 0.393 e. The fourth-order valence-corrected chi connectivity index (χ4v) is 2.48. The van der Waals surface area contributed by atoms with Crippen LogP contribution in [0.15, 0.2) is 54.9 Å². The summed E-state index contributed by atoms with van der Waals surface area (Å²) in [6, 6.07) is 11.0. The Balaban J connectivity index is 1.58. The molecule has 0 N–H and O–H groups in total. The maximum absolute atomic E-state index is 12.4. The Morgan fingerprint density at radius 1 is 1.16 bits per heavy atom. The summed E-state index contributed by atoms with van der Waals surface area (Å²) in [5.41, 5.74) is 1.70. The molecule has 3 aromatic rings. The number of alkyl halides is 3. The van der Waals surface area contributed by atoms with Gasteiger partial charge in [-0.05, 0) is 29.8 Å². The average Bonchev–Trinajstić information content (AvgIpc) is 2.96. The van der Waals surface area contributed by atoms with E-state index in [1.807, 2.05) is 35.0 Å². The largest absolute Gasteiger partial charge is 0.462 e. The van der Waals surface area contributed by atoms with E-state index in [0.717, 1.165) is 11.3 Å². The van der Waals surface area contributed by atoms with Crippen LogP contribution in [0.5, 0.6) is 0 Å². The molecule has 2 heterocycles. The summed E-state index contributed by atoms with van der Waals surface area (Å²) in [4.78, 5) is 16.4. The molecule has 0 bridgehead atoms. The number of halogens is 3. The summed E-state index contributed by atoms with van der Waals surface area (Å²) >= 11 is 0. The van der Waals surface area contributed by atoms with Crippen LogP contribution >= 0.6 is 0 Å². The monoisotopic (exact) mass is 348 g/mol. The first-order valence-corrected chi connectivity index (χ1v) is 7.66. The number of imidazole rings is 1. The number of ether oxygens (including phenoxy) is 1. The summed E-state index contributed by atoms with van der Waals surface area (Å²) < 4.78 is 44.3. The average molecular weight is 348 g/mol. The minimum absolute atomic E-state index is 0.0299. The van der Waals surface area contributed by atoms with Crippen LogP contribution in [0.1, 0.15) is 21.6 Å². The Morgan fingerprint density at radius 3 is 2.76 bits per heavy atom. The number of fused-ring (bicyclic) bond motifs is 1. The van der Waals surface area contributed by atoms with Gasteiger partial charge in [0.1, 0.15) is 5.65 Å². The van der Waals surface area contributed by atoms with E-state index in [1.165, 1.54) is 24.3 Å². The summed E-state index contributed by atoms with van der Waals surface area (Å²) in [6.07, 6.45) is -1.26. The number of rotatable bonds is 5. The Kier molecular flexibility index (Phi) is 4.74. The number of carbonyl (C=O) groups is 1. The molecule has 0 saturated heterocycles. The minimum Gasteiger partial charge on any atom is -0.462 e. The highest BCUT2D eigenvalue weighted by Crippen LogP contribution is 2.21. The van der Waals surface area contributed by atoms with Crippen molar-refractivity contribution in [2.75, 3.05) is 6.61 Å². The van der Waals surface area contributed by atoms with Gasteiger partial charge in [-0.1, -0.05) is 18.2 Å². The van der Waals surface area contributed by atoms with Crippen LogP contribution in [0.2, 0.25) is 0 Å². The second kappa shape index (κ2) is 6.96. The van der Waals surface area contributed by atoms with Gasteiger partial charge in [-0.3, -0.25) is 0 Å². The number of hydrogen-bond donors (Lipinski definition) is 0. The van der Waals surface area contributed by atoms with Crippen LogP contribution in [0.25, 0.3) is 5.65 Å². The minimum atomic E-state index is -4.31. The van der Waals surface area contributed by atoms with Crippen molar-refractivity contribution in [3.8, 4) is 0 Å². The molecule has 1 aromatic carbocycles. The first kappa shape index (κ1) is 17.0. The van der Waals surface area contributed by atoms with Crippen LogP contribution in [0, 0.1) is 0 Å². The summed E-state index contributed by atoms with van der Waals surface area (Å²) in [5, 5.41) is 0. The molecule has 4 nitrogen and oxygen atoms in total. The molecule has 0 amide bonds. The summed E-state index contributed by atoms with van der Waals surface area (Å²) in [5.74, 6) is -0.646. The topological polar surface area (TPSA) is 43.6 Å². The van der Waals surface area contributed by atoms with Gasteiger partial charge in [-0.2, -0.15) is 13.2 Å². The molecule has 2 aromatic heterocycles. The van der Waals surface area contributed by atoms with Gasteiger partial charge in [-0.25, -0.2) is 9.78 Å². The van der Waals surface area contributed by atoms with Gasteiger partial charge >= 0.3 is 12.1 Å². The lowest BCUT2D eigenvalue weighted by atomic mass is 10.1. The first-order valence-electron chi connectivity index (χ1n) is 7.66. The zero-order valence-electron chi connectivity index (χ0n) is 13.2. The predicted molar refractivity (Wildman–Crippen MR) is 85.4 cm³/mol. The number of nitrogens with zero attached hydrogens (tertiary/aromatic N) is 2. The van der Waals surface area contributed by atoms with Crippen molar-refractivity contribution in [3.63, 3.8) is 0 Å². The van der Waals surface area contributed by atoms with Gasteiger partial charge in [0.25, 0.3) is 0 Å². The highest BCUT2D eigenvalue weighted by atomic mass is 19.4. The molecule has 25 heavy (non-hydrogen) atoms. The normalized spacial score (nSPS) is 11.6. The third-order valence-electron chi connectivity index (χ3n) is 3.57. The van der Waals surface area contributed by atoms with Gasteiger partial charge in [-0.15, -0.1) is 0 Å². The van der Waals surface area contributed by atoms with Crippen molar-refractivity contribution in [1.82, 2.24) is 9.38 Å². The first-order chi connectivity index (χ1) is 11.9. The Morgan fingerprint density at radius 2 is 2.00 bits per heavy atom. The van der Waals surface area contributed by atoms with Crippen molar-refractivity contribution in [2.24, 2.45) is 0 Å². The Labute approximate surface area is 141 Å². The molecule has 7 heteroatoms. The van der Waals surface area contributed by atoms with Crippen molar-refractivity contribution >= 4 is 11.6 Å². The number of pyridine rings is 1. The van der Waals surface area contributed by atoms with Crippen LogP contribution in [-0.4, -0.2) is 28.1 Å². The highest BCUT2D eigenvalue weighted by Gasteiger charge is 2.27. The van der Waals surface area contributed by atoms with E-state index in [1.54, 1.807) is 0 Å². The van der Waals surface area contributed by atoms with Crippen LogP contribution in [-0.2, 0) is 17.6 Å². The molecule has 0 aliphatic rings. The third-order valence-corrected chi connectivity index (χ3v) is 3.57. The van der Waals surface area contributed by atoms with E-state index in [0.29, 0.717) is 6.42 Å². The van der Waals surface area contributed by atoms with Crippen molar-refractivity contribution < 1.29 is 22.7 Å². The van der Waals surface area contributed by atoms with Gasteiger partial charge in [0, 0.05) is 18.8 Å². The lowest BCUT2D eigenvalue weighted by molar-refractivity contribution is -0.127. The molecule has 0 atom stereocenters. The molecule has 130 valence electrons. The molecule has 0 aliphatic carbocycles. The van der Waals surface area contributed by atoms with Crippen LogP contribution in [0.3, 0.4) is 0 Å². The molecule has 0 unspecified atom stereocenters. The van der Waals surface area contributed by atoms with E-state index in [-0.39, 0.29) is 17.7 Å². The molecule has 0 spiro atoms. The van der Waals surface area contributed by atoms with Crippen LogP contribution in [0.4, 0.5) is 13.2 Å². The fourth-order valence-electron chi connectivity index (χ4n) is 2.48. The van der Waals surface area contributed by atoms with Crippen molar-refractivity contribution in [1.29, 1.82) is 0 Å². The summed E-state index contributed by atoms with van der Waals surface area (Å²) in [6.45, 7) is 0.103. The van der Waals surface area contributed by atoms with Gasteiger partial charge in [0.05, 0.1) is 24.3 Å². The zero-order chi connectivity index (χ0) is 17.9. The molecule has 0 fully saturated rings. The number of hydrogen-bond acceptors (Lipinski definition) is 3. The second-order valence-corrected chi connectivity index (χ2v) is 5.58. The standard InChI is InChI=1S/C18H15F3N2O2/c19-18(20,21)11-13-4-3-5-14(10-13)17(24)25-9-7-15-12-23-8-2-1-6-16(23)22-15/h1-6,8,10,12H,7,9,11H2. The number of benzene rings is 1. The smallest absolute Gasteiger partial charge is 0.393 e. The Bertz CT molecular complexity index is 854. The lowest BCUT2D eigenvalue weighted by Crippen LogP contribution is -2.13. The third kappa shape index (κ3) is 4.59. The summed E-state index contributed by atoms with van der Waals surface area (Å²) in [7, 11) is 0. The van der Waals surface area contributed by atoms with Gasteiger partial charge < -0.3 is 9.14 Å². The quantitative estimate of drug-likeness (QED) is 0.658. The van der Waals surface area contributed by atoms with Crippen molar-refractivity contribution in [3.05, 3.63) is 71.7 Å². The highest BCUT2D eigenvalue weighted by molar-refractivity contribution is 5.89. The van der Waals surface area contributed by atoms with Gasteiger partial charge in [0.2, 0.25) is 0 Å².